The Morgan fingerprint density at radius 3 is 2.52 bits per heavy atom. The van der Waals surface area contributed by atoms with Crippen LogP contribution in [0.5, 0.6) is 0 Å². The minimum absolute atomic E-state index is 0.00586. The summed E-state index contributed by atoms with van der Waals surface area (Å²) in [5, 5.41) is 0.00586. The molecule has 21 heavy (non-hydrogen) atoms. The van der Waals surface area contributed by atoms with Gasteiger partial charge in [-0.2, -0.15) is 0 Å². The lowest BCUT2D eigenvalue weighted by Crippen LogP contribution is -2.27. The average molecular weight is 306 g/mol. The van der Waals surface area contributed by atoms with Crippen molar-refractivity contribution >= 4 is 17.4 Å². The third-order valence-electron chi connectivity index (χ3n) is 3.63. The highest BCUT2D eigenvalue weighted by Crippen LogP contribution is 2.24. The Bertz CT molecular complexity index is 630. The van der Waals surface area contributed by atoms with Crippen molar-refractivity contribution in [3.05, 3.63) is 70.5 Å². The predicted molar refractivity (Wildman–Crippen MR) is 82.7 cm³/mol. The van der Waals surface area contributed by atoms with Gasteiger partial charge in [-0.25, -0.2) is 4.39 Å². The van der Waals surface area contributed by atoms with Crippen LogP contribution in [0.4, 0.5) is 4.39 Å². The van der Waals surface area contributed by atoms with Crippen LogP contribution in [0.2, 0.25) is 5.02 Å². The molecule has 0 aliphatic rings. The lowest BCUT2D eigenvalue weighted by Gasteiger charge is -2.19. The molecule has 0 heterocycles. The van der Waals surface area contributed by atoms with E-state index in [2.05, 4.69) is 0 Å². The smallest absolute Gasteiger partial charge is 0.142 e. The summed E-state index contributed by atoms with van der Waals surface area (Å²) >= 11 is 5.88. The zero-order chi connectivity index (χ0) is 15.4. The van der Waals surface area contributed by atoms with Gasteiger partial charge in [0.15, 0.2) is 0 Å². The van der Waals surface area contributed by atoms with E-state index in [1.807, 2.05) is 30.3 Å². The number of carbonyl (C=O) groups excluding carboxylic acids is 1. The maximum atomic E-state index is 13.4. The van der Waals surface area contributed by atoms with E-state index in [0.29, 0.717) is 5.56 Å². The van der Waals surface area contributed by atoms with E-state index in [1.54, 1.807) is 19.1 Å². The van der Waals surface area contributed by atoms with Crippen LogP contribution in [0.3, 0.4) is 0 Å². The summed E-state index contributed by atoms with van der Waals surface area (Å²) in [6.45, 7) is 1.78. The highest BCUT2D eigenvalue weighted by atomic mass is 35.5. The monoisotopic (exact) mass is 305 g/mol. The maximum absolute atomic E-state index is 13.4. The molecule has 0 aromatic heterocycles. The Morgan fingerprint density at radius 2 is 1.86 bits per heavy atom. The van der Waals surface area contributed by atoms with E-state index < -0.39 is 5.82 Å². The molecule has 2 aromatic rings. The standard InChI is InChI=1S/C17H17ClFNO/c1-11(17(20)12-6-3-2-4-7-12)15(21)10-13-8-5-9-14(19)16(13)18/h2-9,11,17H,10,20H2,1H3. The van der Waals surface area contributed by atoms with Crippen LogP contribution in [-0.2, 0) is 11.2 Å². The number of halogens is 2. The summed E-state index contributed by atoms with van der Waals surface area (Å²) in [5.41, 5.74) is 7.53. The van der Waals surface area contributed by atoms with E-state index in [-0.39, 0.29) is 29.2 Å². The van der Waals surface area contributed by atoms with E-state index >= 15 is 0 Å². The second kappa shape index (κ2) is 6.83. The molecule has 2 N–H and O–H groups in total. The van der Waals surface area contributed by atoms with Crippen LogP contribution in [-0.4, -0.2) is 5.78 Å². The van der Waals surface area contributed by atoms with Gasteiger partial charge in [0.2, 0.25) is 0 Å². The maximum Gasteiger partial charge on any atom is 0.142 e. The van der Waals surface area contributed by atoms with Crippen LogP contribution < -0.4 is 5.73 Å². The van der Waals surface area contributed by atoms with Crippen molar-refractivity contribution in [3.8, 4) is 0 Å². The Hall–Kier alpha value is -1.71. The Kier molecular flexibility index (Phi) is 5.10. The summed E-state index contributed by atoms with van der Waals surface area (Å²) in [5.74, 6) is -0.937. The van der Waals surface area contributed by atoms with Crippen molar-refractivity contribution in [2.24, 2.45) is 11.7 Å². The Balaban J connectivity index is 2.11. The fraction of sp³-hybridized carbons (Fsp3) is 0.235. The fourth-order valence-corrected chi connectivity index (χ4v) is 2.39. The molecule has 110 valence electrons. The molecule has 0 fully saturated rings. The molecule has 2 rings (SSSR count). The van der Waals surface area contributed by atoms with Gasteiger partial charge in [0, 0.05) is 18.4 Å². The van der Waals surface area contributed by atoms with Gasteiger partial charge in [0.1, 0.15) is 11.6 Å². The number of ketones is 1. The third-order valence-corrected chi connectivity index (χ3v) is 4.05. The zero-order valence-corrected chi connectivity index (χ0v) is 12.5. The van der Waals surface area contributed by atoms with Gasteiger partial charge >= 0.3 is 0 Å². The molecule has 0 aliphatic carbocycles. The van der Waals surface area contributed by atoms with Gasteiger partial charge in [-0.15, -0.1) is 0 Å². The van der Waals surface area contributed by atoms with Gasteiger partial charge < -0.3 is 5.73 Å². The number of Topliss-reactive ketones (excluding diaryl/α,β-unsaturated/α-hetero) is 1. The second-order valence-electron chi connectivity index (χ2n) is 5.08. The first-order valence-corrected chi connectivity index (χ1v) is 7.14. The molecule has 0 saturated heterocycles. The molecule has 2 unspecified atom stereocenters. The average Bonchev–Trinajstić information content (AvgIpc) is 2.51. The van der Waals surface area contributed by atoms with E-state index in [1.165, 1.54) is 6.07 Å². The normalized spacial score (nSPS) is 13.7. The molecular weight excluding hydrogens is 289 g/mol. The van der Waals surface area contributed by atoms with Crippen molar-refractivity contribution in [3.63, 3.8) is 0 Å². The van der Waals surface area contributed by atoms with E-state index in [4.69, 9.17) is 17.3 Å². The van der Waals surface area contributed by atoms with Crippen molar-refractivity contribution in [1.29, 1.82) is 0 Å². The molecule has 0 spiro atoms. The van der Waals surface area contributed by atoms with Gasteiger partial charge in [0.05, 0.1) is 5.02 Å². The first-order valence-electron chi connectivity index (χ1n) is 6.77. The molecule has 0 radical (unpaired) electrons. The lowest BCUT2D eigenvalue weighted by molar-refractivity contribution is -0.122. The van der Waals surface area contributed by atoms with Crippen LogP contribution in [0.15, 0.2) is 48.5 Å². The van der Waals surface area contributed by atoms with Gasteiger partial charge in [-0.1, -0.05) is 61.0 Å². The Labute approximate surface area is 128 Å². The van der Waals surface area contributed by atoms with Gasteiger partial charge in [-0.05, 0) is 17.2 Å². The van der Waals surface area contributed by atoms with Crippen molar-refractivity contribution in [2.75, 3.05) is 0 Å². The van der Waals surface area contributed by atoms with Crippen molar-refractivity contribution < 1.29 is 9.18 Å². The third kappa shape index (κ3) is 3.69. The number of benzene rings is 2. The number of carbonyl (C=O) groups is 1. The highest BCUT2D eigenvalue weighted by Gasteiger charge is 2.23. The van der Waals surface area contributed by atoms with Crippen molar-refractivity contribution in [1.82, 2.24) is 0 Å². The molecule has 2 atom stereocenters. The fourth-order valence-electron chi connectivity index (χ4n) is 2.20. The minimum Gasteiger partial charge on any atom is -0.323 e. The molecule has 2 aromatic carbocycles. The first kappa shape index (κ1) is 15.7. The summed E-state index contributed by atoms with van der Waals surface area (Å²) < 4.78 is 13.4. The van der Waals surface area contributed by atoms with E-state index in [0.717, 1.165) is 5.56 Å². The van der Waals surface area contributed by atoms with E-state index in [9.17, 15) is 9.18 Å². The first-order chi connectivity index (χ1) is 10.0. The van der Waals surface area contributed by atoms with Crippen molar-refractivity contribution in [2.45, 2.75) is 19.4 Å². The molecule has 4 heteroatoms. The molecular formula is C17H17ClFNO. The minimum atomic E-state index is -0.512. The largest absolute Gasteiger partial charge is 0.323 e. The molecule has 0 saturated carbocycles. The summed E-state index contributed by atoms with van der Waals surface area (Å²) in [6, 6.07) is 13.5. The quantitative estimate of drug-likeness (QED) is 0.909. The number of nitrogens with two attached hydrogens (primary N) is 1. The number of hydrogen-bond donors (Lipinski definition) is 1. The zero-order valence-electron chi connectivity index (χ0n) is 11.7. The van der Waals surface area contributed by atoms with Crippen LogP contribution >= 0.6 is 11.6 Å². The van der Waals surface area contributed by atoms with Gasteiger partial charge in [0.25, 0.3) is 0 Å². The summed E-state index contributed by atoms with van der Waals surface area (Å²) in [7, 11) is 0. The molecule has 0 aliphatic heterocycles. The molecule has 0 bridgehead atoms. The van der Waals surface area contributed by atoms with Gasteiger partial charge in [-0.3, -0.25) is 4.79 Å². The SMILES string of the molecule is CC(C(=O)Cc1cccc(F)c1Cl)C(N)c1ccccc1. The highest BCUT2D eigenvalue weighted by molar-refractivity contribution is 6.31. The number of hydrogen-bond acceptors (Lipinski definition) is 2. The number of rotatable bonds is 5. The topological polar surface area (TPSA) is 43.1 Å². The summed E-state index contributed by atoms with van der Waals surface area (Å²) in [6.07, 6.45) is 0.0816. The van der Waals surface area contributed by atoms with Crippen LogP contribution in [0, 0.1) is 11.7 Å². The summed E-state index contributed by atoms with van der Waals surface area (Å²) in [4.78, 5) is 12.3. The van der Waals surface area contributed by atoms with Crippen LogP contribution in [0.1, 0.15) is 24.1 Å². The molecule has 0 amide bonds. The second-order valence-corrected chi connectivity index (χ2v) is 5.46. The lowest BCUT2D eigenvalue weighted by atomic mass is 9.89. The molecule has 2 nitrogen and oxygen atoms in total. The Morgan fingerprint density at radius 1 is 1.19 bits per heavy atom. The predicted octanol–water partition coefficient (Wildman–Crippen LogP) is 3.93. The van der Waals surface area contributed by atoms with Crippen LogP contribution in [0.25, 0.3) is 0 Å².